The molecular weight excluding hydrogens is 266 g/mol. The van der Waals surface area contributed by atoms with E-state index >= 15 is 0 Å². The fraction of sp³-hybridized carbons (Fsp3) is 1.00. The molecular formula is C17H33NO3. The molecule has 21 heavy (non-hydrogen) atoms. The minimum Gasteiger partial charge on any atom is -0.379 e. The summed E-state index contributed by atoms with van der Waals surface area (Å²) in [7, 11) is 1.81. The Morgan fingerprint density at radius 2 is 2.19 bits per heavy atom. The molecule has 3 atom stereocenters. The van der Waals surface area contributed by atoms with Gasteiger partial charge in [0.05, 0.1) is 17.8 Å². The van der Waals surface area contributed by atoms with Gasteiger partial charge in [0.15, 0.2) is 0 Å². The van der Waals surface area contributed by atoms with Gasteiger partial charge in [-0.3, -0.25) is 0 Å². The number of nitrogens with one attached hydrogen (secondary N) is 1. The van der Waals surface area contributed by atoms with Gasteiger partial charge in [-0.25, -0.2) is 0 Å². The number of hydrogen-bond donors (Lipinski definition) is 1. The van der Waals surface area contributed by atoms with Gasteiger partial charge in [-0.2, -0.15) is 0 Å². The number of hydrogen-bond acceptors (Lipinski definition) is 4. The SMILES string of the molecule is CCCNC(CC(C)(C)OC)C1CCOC2(CCOC2)C1. The third-order valence-corrected chi connectivity index (χ3v) is 5.09. The van der Waals surface area contributed by atoms with Crippen molar-refractivity contribution in [1.29, 1.82) is 0 Å². The summed E-state index contributed by atoms with van der Waals surface area (Å²) in [4.78, 5) is 0. The summed E-state index contributed by atoms with van der Waals surface area (Å²) in [5.74, 6) is 0.654. The zero-order valence-electron chi connectivity index (χ0n) is 14.2. The standard InChI is InChI=1S/C17H33NO3/c1-5-8-18-15(12-16(2,3)19-4)14-6-9-21-17(11-14)7-10-20-13-17/h14-15,18H,5-13H2,1-4H3. The maximum Gasteiger partial charge on any atom is 0.0939 e. The quantitative estimate of drug-likeness (QED) is 0.784. The average molecular weight is 299 g/mol. The summed E-state index contributed by atoms with van der Waals surface area (Å²) < 4.78 is 17.3. The van der Waals surface area contributed by atoms with Crippen molar-refractivity contribution in [2.75, 3.05) is 33.5 Å². The lowest BCUT2D eigenvalue weighted by Crippen LogP contribution is -2.49. The maximum atomic E-state index is 6.08. The molecule has 2 aliphatic heterocycles. The molecule has 2 heterocycles. The van der Waals surface area contributed by atoms with E-state index in [0.29, 0.717) is 12.0 Å². The number of methoxy groups -OCH3 is 1. The normalized spacial score (nSPS) is 31.7. The second-order valence-electron chi connectivity index (χ2n) is 7.32. The highest BCUT2D eigenvalue weighted by atomic mass is 16.6. The molecule has 1 spiro atoms. The Bertz CT molecular complexity index is 313. The van der Waals surface area contributed by atoms with Gasteiger partial charge >= 0.3 is 0 Å². The van der Waals surface area contributed by atoms with Crippen LogP contribution in [0, 0.1) is 5.92 Å². The van der Waals surface area contributed by atoms with E-state index in [-0.39, 0.29) is 11.2 Å². The Labute approximate surface area is 129 Å². The highest BCUT2D eigenvalue weighted by Gasteiger charge is 2.43. The third-order valence-electron chi connectivity index (χ3n) is 5.09. The zero-order chi connectivity index (χ0) is 15.3. The van der Waals surface area contributed by atoms with Crippen molar-refractivity contribution in [3.05, 3.63) is 0 Å². The van der Waals surface area contributed by atoms with Crippen LogP contribution in [-0.4, -0.2) is 50.7 Å². The monoisotopic (exact) mass is 299 g/mol. The lowest BCUT2D eigenvalue weighted by Gasteiger charge is -2.42. The highest BCUT2D eigenvalue weighted by Crippen LogP contribution is 2.38. The fourth-order valence-corrected chi connectivity index (χ4v) is 3.62. The molecule has 0 aromatic rings. The Morgan fingerprint density at radius 3 is 2.81 bits per heavy atom. The highest BCUT2D eigenvalue weighted by molar-refractivity contribution is 4.95. The topological polar surface area (TPSA) is 39.7 Å². The molecule has 0 bridgehead atoms. The first-order valence-electron chi connectivity index (χ1n) is 8.50. The third kappa shape index (κ3) is 4.65. The predicted octanol–water partition coefficient (Wildman–Crippen LogP) is 2.76. The van der Waals surface area contributed by atoms with Gasteiger partial charge in [0.1, 0.15) is 0 Å². The van der Waals surface area contributed by atoms with Gasteiger partial charge in [0, 0.05) is 32.8 Å². The summed E-state index contributed by atoms with van der Waals surface area (Å²) in [6, 6.07) is 0.501. The van der Waals surface area contributed by atoms with Crippen LogP contribution in [-0.2, 0) is 14.2 Å². The molecule has 124 valence electrons. The molecule has 0 amide bonds. The van der Waals surface area contributed by atoms with Crippen molar-refractivity contribution in [2.24, 2.45) is 5.92 Å². The fourth-order valence-electron chi connectivity index (χ4n) is 3.62. The van der Waals surface area contributed by atoms with Gasteiger partial charge in [-0.05, 0) is 52.0 Å². The lowest BCUT2D eigenvalue weighted by atomic mass is 9.78. The van der Waals surface area contributed by atoms with Crippen LogP contribution in [0.15, 0.2) is 0 Å². The Hall–Kier alpha value is -0.160. The molecule has 3 unspecified atom stereocenters. The molecule has 1 N–H and O–H groups in total. The van der Waals surface area contributed by atoms with Gasteiger partial charge in [-0.1, -0.05) is 6.92 Å². The Balaban J connectivity index is 2.00. The second kappa shape index (κ2) is 7.40. The van der Waals surface area contributed by atoms with Crippen LogP contribution in [0.1, 0.15) is 52.9 Å². The van der Waals surface area contributed by atoms with Gasteiger partial charge < -0.3 is 19.5 Å². The van der Waals surface area contributed by atoms with Gasteiger partial charge in [0.25, 0.3) is 0 Å². The molecule has 2 aliphatic rings. The van der Waals surface area contributed by atoms with E-state index in [0.717, 1.165) is 52.0 Å². The van der Waals surface area contributed by atoms with Crippen molar-refractivity contribution in [1.82, 2.24) is 5.32 Å². The van der Waals surface area contributed by atoms with Crippen LogP contribution >= 0.6 is 0 Å². The van der Waals surface area contributed by atoms with Crippen LogP contribution in [0.5, 0.6) is 0 Å². The Kier molecular flexibility index (Phi) is 6.06. The molecule has 2 saturated heterocycles. The van der Waals surface area contributed by atoms with Crippen molar-refractivity contribution in [2.45, 2.75) is 70.1 Å². The van der Waals surface area contributed by atoms with Gasteiger partial charge in [-0.15, -0.1) is 0 Å². The molecule has 0 aromatic heterocycles. The van der Waals surface area contributed by atoms with E-state index in [1.807, 2.05) is 7.11 Å². The Morgan fingerprint density at radius 1 is 1.38 bits per heavy atom. The first-order valence-corrected chi connectivity index (χ1v) is 8.50. The lowest BCUT2D eigenvalue weighted by molar-refractivity contribution is -0.107. The first-order chi connectivity index (χ1) is 10.0. The smallest absolute Gasteiger partial charge is 0.0939 e. The van der Waals surface area contributed by atoms with Gasteiger partial charge in [0.2, 0.25) is 0 Å². The predicted molar refractivity (Wildman–Crippen MR) is 84.6 cm³/mol. The molecule has 0 radical (unpaired) electrons. The number of ether oxygens (including phenoxy) is 3. The van der Waals surface area contributed by atoms with Crippen LogP contribution < -0.4 is 5.32 Å². The molecule has 2 rings (SSSR count). The summed E-state index contributed by atoms with van der Waals surface area (Å²) >= 11 is 0. The summed E-state index contributed by atoms with van der Waals surface area (Å²) in [5.41, 5.74) is -0.0880. The van der Waals surface area contributed by atoms with E-state index in [2.05, 4.69) is 26.1 Å². The van der Waals surface area contributed by atoms with Crippen molar-refractivity contribution < 1.29 is 14.2 Å². The largest absolute Gasteiger partial charge is 0.379 e. The van der Waals surface area contributed by atoms with Crippen molar-refractivity contribution >= 4 is 0 Å². The van der Waals surface area contributed by atoms with E-state index in [1.165, 1.54) is 6.42 Å². The first kappa shape index (κ1) is 17.2. The molecule has 2 fully saturated rings. The summed E-state index contributed by atoms with van der Waals surface area (Å²) in [6.07, 6.45) is 5.53. The summed E-state index contributed by atoms with van der Waals surface area (Å²) in [5, 5.41) is 3.76. The van der Waals surface area contributed by atoms with Crippen molar-refractivity contribution in [3.63, 3.8) is 0 Å². The molecule has 0 aliphatic carbocycles. The number of rotatable bonds is 7. The minimum atomic E-state index is -0.0803. The van der Waals surface area contributed by atoms with E-state index < -0.39 is 0 Å². The van der Waals surface area contributed by atoms with Crippen LogP contribution in [0.25, 0.3) is 0 Å². The van der Waals surface area contributed by atoms with Crippen LogP contribution in [0.4, 0.5) is 0 Å². The van der Waals surface area contributed by atoms with Crippen LogP contribution in [0.3, 0.4) is 0 Å². The maximum absolute atomic E-state index is 6.08. The zero-order valence-corrected chi connectivity index (χ0v) is 14.2. The van der Waals surface area contributed by atoms with Crippen LogP contribution in [0.2, 0.25) is 0 Å². The average Bonchev–Trinajstić information content (AvgIpc) is 2.91. The minimum absolute atomic E-state index is 0.00766. The molecule has 4 heteroatoms. The molecule has 0 saturated carbocycles. The van der Waals surface area contributed by atoms with E-state index in [1.54, 1.807) is 0 Å². The van der Waals surface area contributed by atoms with Crippen molar-refractivity contribution in [3.8, 4) is 0 Å². The van der Waals surface area contributed by atoms with E-state index in [4.69, 9.17) is 14.2 Å². The summed E-state index contributed by atoms with van der Waals surface area (Å²) in [6.45, 7) is 10.2. The molecule has 0 aromatic carbocycles. The second-order valence-corrected chi connectivity index (χ2v) is 7.32. The van der Waals surface area contributed by atoms with E-state index in [9.17, 15) is 0 Å². The molecule has 4 nitrogen and oxygen atoms in total.